The van der Waals surface area contributed by atoms with Crippen LogP contribution >= 0.6 is 23.4 Å². The molecular weight excluding hydrogens is 394 g/mol. The normalized spacial score (nSPS) is 26.9. The van der Waals surface area contributed by atoms with E-state index in [-0.39, 0.29) is 29.3 Å². The molecule has 10 heteroatoms. The summed E-state index contributed by atoms with van der Waals surface area (Å²) in [6.45, 7) is 3.35. The molecule has 27 heavy (non-hydrogen) atoms. The molecule has 2 amide bonds. The van der Waals surface area contributed by atoms with Crippen LogP contribution in [0.5, 0.6) is 5.75 Å². The number of alkyl halides is 1. The van der Waals surface area contributed by atoms with E-state index in [1.807, 2.05) is 0 Å². The topological polar surface area (TPSA) is 133 Å². The Hall–Kier alpha value is -1.97. The summed E-state index contributed by atoms with van der Waals surface area (Å²) in [5.41, 5.74) is 4.92. The van der Waals surface area contributed by atoms with Crippen molar-refractivity contribution in [1.29, 1.82) is 0 Å². The van der Waals surface area contributed by atoms with Crippen molar-refractivity contribution in [2.24, 2.45) is 5.73 Å². The number of nitrogens with two attached hydrogens (primary N) is 1. The molecule has 0 spiro atoms. The van der Waals surface area contributed by atoms with Gasteiger partial charge in [-0.2, -0.15) is 0 Å². The van der Waals surface area contributed by atoms with Crippen LogP contribution in [0.4, 0.5) is 0 Å². The van der Waals surface area contributed by atoms with Crippen LogP contribution in [0.3, 0.4) is 0 Å². The van der Waals surface area contributed by atoms with E-state index < -0.39 is 28.3 Å². The second kappa shape index (κ2) is 6.57. The van der Waals surface area contributed by atoms with E-state index in [1.165, 1.54) is 34.9 Å². The SMILES string of the molecule is CC1(C)SC2CC(=O)N2C1(NC(=O)C(N)c1ccc(O)c(CCl)c1)C(=O)O. The molecule has 2 saturated heterocycles. The standard InChI is InChI=1S/C17H20ClN3O5S/c1-16(2)17(15(25)26,21-11(23)6-12(21)27-16)20-14(24)13(19)8-3-4-10(22)9(5-8)7-18/h3-5,12-13,22H,6-7,19H2,1-2H3,(H,20,24)(H,25,26). The summed E-state index contributed by atoms with van der Waals surface area (Å²) in [5, 5.41) is 21.9. The molecule has 3 atom stereocenters. The Morgan fingerprint density at radius 3 is 2.70 bits per heavy atom. The maximum absolute atomic E-state index is 12.8. The predicted octanol–water partition coefficient (Wildman–Crippen LogP) is 1.11. The zero-order valence-corrected chi connectivity index (χ0v) is 16.3. The quantitative estimate of drug-likeness (QED) is 0.419. The number of nitrogens with zero attached hydrogens (tertiary/aromatic N) is 1. The van der Waals surface area contributed by atoms with E-state index in [2.05, 4.69) is 5.32 Å². The number of aromatic hydroxyl groups is 1. The lowest BCUT2D eigenvalue weighted by Crippen LogP contribution is -2.75. The molecule has 2 aliphatic heterocycles. The zero-order valence-electron chi connectivity index (χ0n) is 14.7. The molecule has 5 N–H and O–H groups in total. The van der Waals surface area contributed by atoms with Crippen LogP contribution in [0.15, 0.2) is 18.2 Å². The molecule has 0 aromatic heterocycles. The molecule has 0 bridgehead atoms. The number of amides is 2. The summed E-state index contributed by atoms with van der Waals surface area (Å²) in [5.74, 6) is -2.38. The lowest BCUT2D eigenvalue weighted by molar-refractivity contribution is -0.173. The Labute approximate surface area is 165 Å². The smallest absolute Gasteiger partial charge is 0.352 e. The van der Waals surface area contributed by atoms with Crippen LogP contribution in [0.2, 0.25) is 0 Å². The number of phenols is 1. The zero-order chi connectivity index (χ0) is 20.1. The van der Waals surface area contributed by atoms with Crippen molar-refractivity contribution >= 4 is 41.1 Å². The molecule has 3 rings (SSSR count). The van der Waals surface area contributed by atoms with Crippen molar-refractivity contribution in [2.45, 2.75) is 48.0 Å². The number of carbonyl (C=O) groups is 3. The van der Waals surface area contributed by atoms with Crippen LogP contribution in [-0.2, 0) is 20.3 Å². The number of rotatable bonds is 5. The number of thioether (sulfide) groups is 1. The van der Waals surface area contributed by atoms with Crippen molar-refractivity contribution in [2.75, 3.05) is 0 Å². The lowest BCUT2D eigenvalue weighted by Gasteiger charge is -2.46. The summed E-state index contributed by atoms with van der Waals surface area (Å²) in [4.78, 5) is 38.3. The Morgan fingerprint density at radius 1 is 1.48 bits per heavy atom. The molecule has 2 aliphatic rings. The molecule has 146 valence electrons. The third-order valence-corrected chi connectivity index (χ3v) is 6.89. The number of fused-ring (bicyclic) bond motifs is 1. The number of carbonyl (C=O) groups excluding carboxylic acids is 2. The average molecular weight is 414 g/mol. The van der Waals surface area contributed by atoms with Gasteiger partial charge < -0.3 is 21.3 Å². The fourth-order valence-electron chi connectivity index (χ4n) is 3.54. The van der Waals surface area contributed by atoms with Crippen LogP contribution in [0, 0.1) is 0 Å². The molecule has 2 fully saturated rings. The Bertz CT molecular complexity index is 833. The van der Waals surface area contributed by atoms with E-state index >= 15 is 0 Å². The van der Waals surface area contributed by atoms with E-state index in [4.69, 9.17) is 17.3 Å². The maximum Gasteiger partial charge on any atom is 0.352 e. The summed E-state index contributed by atoms with van der Waals surface area (Å²) >= 11 is 7.09. The van der Waals surface area contributed by atoms with E-state index in [0.717, 1.165) is 0 Å². The van der Waals surface area contributed by atoms with Gasteiger partial charge in [0.05, 0.1) is 22.4 Å². The fraction of sp³-hybridized carbons (Fsp3) is 0.471. The predicted molar refractivity (Wildman–Crippen MR) is 100 cm³/mol. The summed E-state index contributed by atoms with van der Waals surface area (Å²) in [6, 6.07) is 3.14. The number of nitrogens with one attached hydrogen (secondary N) is 1. The number of hydrogen-bond donors (Lipinski definition) is 4. The second-order valence-corrected chi connectivity index (χ2v) is 9.12. The highest BCUT2D eigenvalue weighted by atomic mass is 35.5. The van der Waals surface area contributed by atoms with Crippen LogP contribution < -0.4 is 11.1 Å². The largest absolute Gasteiger partial charge is 0.508 e. The van der Waals surface area contributed by atoms with Gasteiger partial charge in [0.25, 0.3) is 0 Å². The summed E-state index contributed by atoms with van der Waals surface area (Å²) in [7, 11) is 0. The van der Waals surface area contributed by atoms with Crippen molar-refractivity contribution in [3.05, 3.63) is 29.3 Å². The molecule has 8 nitrogen and oxygen atoms in total. The first-order valence-electron chi connectivity index (χ1n) is 8.24. The van der Waals surface area contributed by atoms with Gasteiger partial charge in [-0.3, -0.25) is 14.5 Å². The van der Waals surface area contributed by atoms with Crippen molar-refractivity contribution < 1.29 is 24.6 Å². The molecular formula is C17H20ClN3O5S. The van der Waals surface area contributed by atoms with Crippen molar-refractivity contribution in [3.63, 3.8) is 0 Å². The molecule has 0 saturated carbocycles. The number of β-lactam (4-membered cyclic amide) rings is 1. The minimum atomic E-state index is -1.89. The highest BCUT2D eigenvalue weighted by molar-refractivity contribution is 8.01. The molecule has 1 aromatic carbocycles. The van der Waals surface area contributed by atoms with Crippen LogP contribution in [0.25, 0.3) is 0 Å². The molecule has 0 radical (unpaired) electrons. The second-order valence-electron chi connectivity index (χ2n) is 7.05. The number of carboxylic acid groups (broad SMARTS) is 1. The first-order valence-corrected chi connectivity index (χ1v) is 9.65. The molecule has 3 unspecified atom stereocenters. The summed E-state index contributed by atoms with van der Waals surface area (Å²) in [6.07, 6.45) is 0.238. The van der Waals surface area contributed by atoms with Crippen molar-refractivity contribution in [1.82, 2.24) is 10.2 Å². The molecule has 0 aliphatic carbocycles. The van der Waals surface area contributed by atoms with Gasteiger partial charge in [0.2, 0.25) is 17.5 Å². The Balaban J connectivity index is 1.92. The van der Waals surface area contributed by atoms with Gasteiger partial charge in [-0.1, -0.05) is 6.07 Å². The number of phenolic OH excluding ortho intramolecular Hbond substituents is 1. The fourth-order valence-corrected chi connectivity index (χ4v) is 5.45. The summed E-state index contributed by atoms with van der Waals surface area (Å²) < 4.78 is -0.957. The highest BCUT2D eigenvalue weighted by Crippen LogP contribution is 2.55. The number of hydrogen-bond acceptors (Lipinski definition) is 6. The molecule has 1 aromatic rings. The average Bonchev–Trinajstić information content (AvgIpc) is 2.77. The van der Waals surface area contributed by atoms with Gasteiger partial charge in [0.1, 0.15) is 11.8 Å². The van der Waals surface area contributed by atoms with Gasteiger partial charge >= 0.3 is 5.97 Å². The van der Waals surface area contributed by atoms with Crippen LogP contribution in [-0.4, -0.2) is 48.7 Å². The molecule has 2 heterocycles. The first kappa shape index (κ1) is 19.8. The van der Waals surface area contributed by atoms with Gasteiger partial charge in [-0.05, 0) is 31.5 Å². The number of halogens is 1. The van der Waals surface area contributed by atoms with Crippen LogP contribution in [0.1, 0.15) is 37.4 Å². The monoisotopic (exact) mass is 413 g/mol. The highest BCUT2D eigenvalue weighted by Gasteiger charge is 2.70. The van der Waals surface area contributed by atoms with Crippen molar-refractivity contribution in [3.8, 4) is 5.75 Å². The minimum absolute atomic E-state index is 0.0225. The van der Waals surface area contributed by atoms with Gasteiger partial charge in [-0.15, -0.1) is 23.4 Å². The number of benzene rings is 1. The lowest BCUT2D eigenvalue weighted by atomic mass is 9.89. The number of carboxylic acids is 1. The van der Waals surface area contributed by atoms with Gasteiger partial charge in [0.15, 0.2) is 0 Å². The van der Waals surface area contributed by atoms with Gasteiger partial charge in [0, 0.05) is 5.56 Å². The maximum atomic E-state index is 12.8. The van der Waals surface area contributed by atoms with E-state index in [9.17, 15) is 24.6 Å². The number of aliphatic carboxylic acids is 1. The van der Waals surface area contributed by atoms with E-state index in [1.54, 1.807) is 13.8 Å². The van der Waals surface area contributed by atoms with E-state index in [0.29, 0.717) is 11.1 Å². The third-order valence-electron chi connectivity index (χ3n) is 5.07. The van der Waals surface area contributed by atoms with Gasteiger partial charge in [-0.25, -0.2) is 4.79 Å². The first-order chi connectivity index (χ1) is 12.5. The minimum Gasteiger partial charge on any atom is -0.508 e. The third kappa shape index (κ3) is 2.84. The Kier molecular flexibility index (Phi) is 4.82. The Morgan fingerprint density at radius 2 is 2.15 bits per heavy atom.